The first-order valence-corrected chi connectivity index (χ1v) is 9.11. The van der Waals surface area contributed by atoms with Gasteiger partial charge in [-0.05, 0) is 36.9 Å². The number of likely N-dealkylation sites (tertiary alicyclic amines) is 1. The van der Waals surface area contributed by atoms with Crippen LogP contribution in [0.1, 0.15) is 34.8 Å². The van der Waals surface area contributed by atoms with E-state index in [9.17, 15) is 9.50 Å². The van der Waals surface area contributed by atoms with Gasteiger partial charge in [0.05, 0.1) is 11.5 Å². The maximum Gasteiger partial charge on any atom is 0.230 e. The molecule has 1 saturated heterocycles. The summed E-state index contributed by atoms with van der Waals surface area (Å²) in [5.74, 6) is -0.129. The Morgan fingerprint density at radius 1 is 1.54 bits per heavy atom. The number of hydrogen-bond donors (Lipinski definition) is 2. The lowest BCUT2D eigenvalue weighted by Gasteiger charge is -2.33. The van der Waals surface area contributed by atoms with Crippen LogP contribution in [0.2, 0.25) is 5.15 Å². The van der Waals surface area contributed by atoms with Crippen molar-refractivity contribution in [2.24, 2.45) is 0 Å². The second-order valence-electron chi connectivity index (χ2n) is 5.88. The molecule has 0 saturated carbocycles. The number of halogens is 2. The van der Waals surface area contributed by atoms with Gasteiger partial charge in [-0.25, -0.2) is 4.98 Å². The molecule has 24 heavy (non-hydrogen) atoms. The molecule has 5 nitrogen and oxygen atoms in total. The van der Waals surface area contributed by atoms with Crippen LogP contribution in [0, 0.1) is 5.95 Å². The molecule has 0 aromatic carbocycles. The van der Waals surface area contributed by atoms with Crippen molar-refractivity contribution in [1.29, 1.82) is 0 Å². The van der Waals surface area contributed by atoms with Crippen molar-refractivity contribution in [3.63, 3.8) is 0 Å². The summed E-state index contributed by atoms with van der Waals surface area (Å²) in [6.45, 7) is 2.16. The van der Waals surface area contributed by atoms with E-state index in [1.165, 1.54) is 11.3 Å². The van der Waals surface area contributed by atoms with Crippen molar-refractivity contribution in [1.82, 2.24) is 14.9 Å². The Kier molecular flexibility index (Phi) is 5.65. The molecule has 0 radical (unpaired) electrons. The summed E-state index contributed by atoms with van der Waals surface area (Å²) in [4.78, 5) is 10.8. The highest BCUT2D eigenvalue weighted by molar-refractivity contribution is 7.15. The van der Waals surface area contributed by atoms with Crippen LogP contribution in [0.4, 0.5) is 9.52 Å². The van der Waals surface area contributed by atoms with E-state index >= 15 is 0 Å². The monoisotopic (exact) mass is 370 g/mol. The lowest BCUT2D eigenvalue weighted by molar-refractivity contribution is 0.197. The summed E-state index contributed by atoms with van der Waals surface area (Å²) in [6.07, 6.45) is 3.73. The number of aliphatic hydroxyl groups is 1. The summed E-state index contributed by atoms with van der Waals surface area (Å²) in [6, 6.07) is 1.93. The Morgan fingerprint density at radius 2 is 2.38 bits per heavy atom. The Bertz CT molecular complexity index is 711. The predicted molar refractivity (Wildman–Crippen MR) is 94.0 cm³/mol. The van der Waals surface area contributed by atoms with Gasteiger partial charge in [0.15, 0.2) is 5.13 Å². The third kappa shape index (κ3) is 3.69. The second-order valence-corrected chi connectivity index (χ2v) is 7.33. The number of aromatic nitrogens is 2. The molecular weight excluding hydrogens is 351 g/mol. The first-order valence-electron chi connectivity index (χ1n) is 7.91. The molecule has 130 valence electrons. The van der Waals surface area contributed by atoms with Gasteiger partial charge in [-0.1, -0.05) is 22.9 Å². The standard InChI is InChI=1S/C16H20ClFN4OS/c1-19-16-21-15(18)13(24-16)8-22-6-2-3-10(7-22)11-4-5-20-14(17)12(11)9-23/h4-5,10,23H,2-3,6-9H2,1H3,(H,19,21). The van der Waals surface area contributed by atoms with E-state index in [4.69, 9.17) is 11.6 Å². The molecule has 1 unspecified atom stereocenters. The number of aliphatic hydroxyl groups excluding tert-OH is 1. The lowest BCUT2D eigenvalue weighted by Crippen LogP contribution is -2.34. The average molecular weight is 371 g/mol. The van der Waals surface area contributed by atoms with Crippen LogP contribution in [0.25, 0.3) is 0 Å². The highest BCUT2D eigenvalue weighted by Crippen LogP contribution is 2.33. The topological polar surface area (TPSA) is 61.3 Å². The van der Waals surface area contributed by atoms with Crippen molar-refractivity contribution in [2.75, 3.05) is 25.5 Å². The molecule has 1 fully saturated rings. The Balaban J connectivity index is 1.75. The zero-order valence-electron chi connectivity index (χ0n) is 13.4. The molecule has 3 rings (SSSR count). The molecule has 8 heteroatoms. The fourth-order valence-electron chi connectivity index (χ4n) is 3.21. The zero-order chi connectivity index (χ0) is 17.1. The molecule has 0 bridgehead atoms. The number of hydrogen-bond acceptors (Lipinski definition) is 6. The normalized spacial score (nSPS) is 18.8. The van der Waals surface area contributed by atoms with Gasteiger partial charge < -0.3 is 10.4 Å². The molecule has 0 spiro atoms. The molecule has 2 aromatic rings. The molecule has 2 N–H and O–H groups in total. The Labute approximate surface area is 149 Å². The summed E-state index contributed by atoms with van der Waals surface area (Å²) in [5.41, 5.74) is 1.75. The third-order valence-corrected chi connectivity index (χ3v) is 5.73. The van der Waals surface area contributed by atoms with Gasteiger partial charge in [-0.2, -0.15) is 9.37 Å². The Hall–Kier alpha value is -1.28. The van der Waals surface area contributed by atoms with Gasteiger partial charge in [0.1, 0.15) is 5.15 Å². The van der Waals surface area contributed by atoms with Crippen LogP contribution in [0.15, 0.2) is 12.3 Å². The van der Waals surface area contributed by atoms with E-state index in [0.717, 1.165) is 31.5 Å². The highest BCUT2D eigenvalue weighted by atomic mass is 35.5. The summed E-state index contributed by atoms with van der Waals surface area (Å²) < 4.78 is 13.9. The molecular formula is C16H20ClFN4OS. The van der Waals surface area contributed by atoms with Crippen LogP contribution in [-0.2, 0) is 13.2 Å². The minimum atomic E-state index is -0.394. The first-order chi connectivity index (χ1) is 11.6. The van der Waals surface area contributed by atoms with Crippen molar-refractivity contribution in [3.8, 4) is 0 Å². The van der Waals surface area contributed by atoms with E-state index in [0.29, 0.717) is 27.3 Å². The van der Waals surface area contributed by atoms with Gasteiger partial charge in [-0.15, -0.1) is 0 Å². The van der Waals surface area contributed by atoms with E-state index < -0.39 is 5.95 Å². The highest BCUT2D eigenvalue weighted by Gasteiger charge is 2.25. The Morgan fingerprint density at radius 3 is 3.08 bits per heavy atom. The number of pyridine rings is 1. The van der Waals surface area contributed by atoms with E-state index in [1.807, 2.05) is 6.07 Å². The largest absolute Gasteiger partial charge is 0.392 e. The van der Waals surface area contributed by atoms with Crippen molar-refractivity contribution >= 4 is 28.1 Å². The van der Waals surface area contributed by atoms with E-state index in [1.54, 1.807) is 13.2 Å². The SMILES string of the molecule is CNc1nc(F)c(CN2CCCC(c3ccnc(Cl)c3CO)C2)s1. The minimum absolute atomic E-state index is 0.118. The van der Waals surface area contributed by atoms with Crippen molar-refractivity contribution < 1.29 is 9.50 Å². The van der Waals surface area contributed by atoms with Gasteiger partial charge in [0.25, 0.3) is 0 Å². The molecule has 1 atom stereocenters. The number of anilines is 1. The van der Waals surface area contributed by atoms with Crippen molar-refractivity contribution in [2.45, 2.75) is 31.9 Å². The minimum Gasteiger partial charge on any atom is -0.392 e. The number of thiazole rings is 1. The molecule has 1 aliphatic heterocycles. The number of piperidine rings is 1. The fraction of sp³-hybridized carbons (Fsp3) is 0.500. The maximum atomic E-state index is 13.9. The smallest absolute Gasteiger partial charge is 0.230 e. The second kappa shape index (κ2) is 7.74. The molecule has 3 heterocycles. The fourth-order valence-corrected chi connectivity index (χ4v) is 4.28. The quantitative estimate of drug-likeness (QED) is 0.791. The molecule has 0 aliphatic carbocycles. The zero-order valence-corrected chi connectivity index (χ0v) is 15.0. The molecule has 0 amide bonds. The van der Waals surface area contributed by atoms with Crippen LogP contribution >= 0.6 is 22.9 Å². The molecule has 1 aliphatic rings. The predicted octanol–water partition coefficient (Wildman–Crippen LogP) is 3.24. The molecule has 2 aromatic heterocycles. The van der Waals surface area contributed by atoms with Gasteiger partial charge in [0, 0.05) is 31.9 Å². The van der Waals surface area contributed by atoms with Gasteiger partial charge in [-0.3, -0.25) is 4.90 Å². The summed E-state index contributed by atoms with van der Waals surface area (Å²) >= 11 is 7.46. The van der Waals surface area contributed by atoms with Crippen LogP contribution in [-0.4, -0.2) is 40.1 Å². The van der Waals surface area contributed by atoms with Crippen LogP contribution in [0.5, 0.6) is 0 Å². The number of nitrogens with one attached hydrogen (secondary N) is 1. The third-order valence-electron chi connectivity index (χ3n) is 4.37. The van der Waals surface area contributed by atoms with E-state index in [2.05, 4.69) is 20.2 Å². The number of nitrogens with zero attached hydrogens (tertiary/aromatic N) is 3. The summed E-state index contributed by atoms with van der Waals surface area (Å²) in [7, 11) is 1.74. The van der Waals surface area contributed by atoms with Gasteiger partial charge in [0.2, 0.25) is 5.95 Å². The van der Waals surface area contributed by atoms with Crippen LogP contribution < -0.4 is 5.32 Å². The van der Waals surface area contributed by atoms with E-state index in [-0.39, 0.29) is 12.5 Å². The van der Waals surface area contributed by atoms with Gasteiger partial charge >= 0.3 is 0 Å². The number of rotatable bonds is 5. The summed E-state index contributed by atoms with van der Waals surface area (Å²) in [5, 5.41) is 13.4. The average Bonchev–Trinajstić information content (AvgIpc) is 2.95. The first kappa shape index (κ1) is 17.5. The van der Waals surface area contributed by atoms with Crippen LogP contribution in [0.3, 0.4) is 0 Å². The maximum absolute atomic E-state index is 13.9. The lowest BCUT2D eigenvalue weighted by atomic mass is 9.88. The van der Waals surface area contributed by atoms with Crippen molar-refractivity contribution in [3.05, 3.63) is 39.4 Å².